The average Bonchev–Trinajstić information content (AvgIpc) is 3.50. The number of aliphatic hydroxyl groups is 1. The molecule has 5 rings (SSSR count). The fourth-order valence-corrected chi connectivity index (χ4v) is 6.00. The van der Waals surface area contributed by atoms with Crippen molar-refractivity contribution in [3.8, 4) is 0 Å². The number of nitrogens with two attached hydrogens (primary N) is 1. The zero-order chi connectivity index (χ0) is 27.7. The van der Waals surface area contributed by atoms with E-state index in [0.717, 1.165) is 30.2 Å². The van der Waals surface area contributed by atoms with E-state index in [9.17, 15) is 13.9 Å². The second-order valence-corrected chi connectivity index (χ2v) is 11.6. The van der Waals surface area contributed by atoms with Gasteiger partial charge in [0.05, 0.1) is 25.4 Å². The molecule has 2 aliphatic carbocycles. The molecule has 0 amide bonds. The van der Waals surface area contributed by atoms with Gasteiger partial charge in [-0.25, -0.2) is 18.7 Å². The quantitative estimate of drug-likeness (QED) is 0.112. The lowest BCUT2D eigenvalue weighted by molar-refractivity contribution is -0.167. The molecule has 214 valence electrons. The molecule has 10 nitrogen and oxygen atoms in total. The van der Waals surface area contributed by atoms with E-state index in [1.54, 1.807) is 6.07 Å². The zero-order valence-corrected chi connectivity index (χ0v) is 23.1. The number of thioether (sulfide) groups is 1. The van der Waals surface area contributed by atoms with Crippen molar-refractivity contribution in [2.24, 2.45) is 5.84 Å². The van der Waals surface area contributed by atoms with Crippen LogP contribution in [0, 0.1) is 11.6 Å². The van der Waals surface area contributed by atoms with Crippen molar-refractivity contribution in [3.05, 3.63) is 35.4 Å². The van der Waals surface area contributed by atoms with Gasteiger partial charge in [0.2, 0.25) is 0 Å². The molecule has 13 heteroatoms. The number of hydrogen-bond acceptors (Lipinski definition) is 11. The highest BCUT2D eigenvalue weighted by molar-refractivity contribution is 7.99. The third-order valence-electron chi connectivity index (χ3n) is 7.11. The van der Waals surface area contributed by atoms with Gasteiger partial charge in [-0.15, -0.1) is 0 Å². The third kappa shape index (κ3) is 6.23. The van der Waals surface area contributed by atoms with Gasteiger partial charge in [0.1, 0.15) is 17.9 Å². The lowest BCUT2D eigenvalue weighted by Crippen LogP contribution is -2.35. The Kier molecular flexibility index (Phi) is 8.45. The Morgan fingerprint density at radius 1 is 1.10 bits per heavy atom. The van der Waals surface area contributed by atoms with E-state index >= 15 is 0 Å². The highest BCUT2D eigenvalue weighted by atomic mass is 32.2. The Labute approximate surface area is 230 Å². The summed E-state index contributed by atoms with van der Waals surface area (Å²) in [6.45, 7) is 5.94. The van der Waals surface area contributed by atoms with Gasteiger partial charge in [-0.1, -0.05) is 24.8 Å². The van der Waals surface area contributed by atoms with E-state index in [4.69, 9.17) is 30.0 Å². The summed E-state index contributed by atoms with van der Waals surface area (Å²) in [7, 11) is 0. The van der Waals surface area contributed by atoms with Crippen LogP contribution in [0.15, 0.2) is 23.4 Å². The molecule has 1 aliphatic heterocycles. The number of halogens is 2. The SMILES string of the molecule is CCCSc1nc(N[C@@H]2C[C@H](OCCO)[C@H]3OC(C)(C)O[C@H]32)c(NN)c(N[C@@H]2C[C@H]2c2ccc(F)c(F)c2)n1. The summed E-state index contributed by atoms with van der Waals surface area (Å²) >= 11 is 1.53. The first-order valence-corrected chi connectivity index (χ1v) is 14.3. The fourth-order valence-electron chi connectivity index (χ4n) is 5.30. The van der Waals surface area contributed by atoms with Gasteiger partial charge in [0, 0.05) is 17.7 Å². The van der Waals surface area contributed by atoms with Gasteiger partial charge < -0.3 is 35.4 Å². The second-order valence-electron chi connectivity index (χ2n) is 10.5. The normalized spacial score (nSPS) is 28.8. The van der Waals surface area contributed by atoms with E-state index in [1.807, 2.05) is 13.8 Å². The standard InChI is InChI=1S/C26H36F2N6O4S/c1-4-9-39-25-32-23(30-17-11-14(17)13-5-6-15(27)16(28)10-13)20(34-29)24(33-25)31-18-12-19(36-8-7-35)22-21(18)37-26(2,3)38-22/h5-6,10,14,17-19,21-22,34-35H,4,7-9,11-12,29H2,1-3H3,(H2,30,31,32,33)/t14-,17+,18+,19-,21-,22+/m0/s1. The van der Waals surface area contributed by atoms with Gasteiger partial charge in [-0.3, -0.25) is 5.84 Å². The van der Waals surface area contributed by atoms with Gasteiger partial charge in [0.25, 0.3) is 0 Å². The predicted molar refractivity (Wildman–Crippen MR) is 145 cm³/mol. The van der Waals surface area contributed by atoms with E-state index in [-0.39, 0.29) is 49.5 Å². The number of hydrazine groups is 1. The Hall–Kier alpha value is -2.29. The van der Waals surface area contributed by atoms with E-state index in [0.29, 0.717) is 28.9 Å². The number of nitrogens with zero attached hydrogens (tertiary/aromatic N) is 2. The number of fused-ring (bicyclic) bond motifs is 1. The Morgan fingerprint density at radius 2 is 1.82 bits per heavy atom. The Balaban J connectivity index is 1.38. The number of anilines is 3. The van der Waals surface area contributed by atoms with Crippen molar-refractivity contribution >= 4 is 29.1 Å². The van der Waals surface area contributed by atoms with Crippen LogP contribution in [-0.4, -0.2) is 70.2 Å². The number of nitrogens with one attached hydrogen (secondary N) is 3. The van der Waals surface area contributed by atoms with Crippen LogP contribution < -0.4 is 21.9 Å². The molecule has 1 aromatic heterocycles. The number of aromatic nitrogens is 2. The van der Waals surface area contributed by atoms with E-state index in [2.05, 4.69) is 23.0 Å². The Morgan fingerprint density at radius 3 is 2.49 bits per heavy atom. The molecule has 1 saturated heterocycles. The summed E-state index contributed by atoms with van der Waals surface area (Å²) < 4.78 is 45.4. The highest BCUT2D eigenvalue weighted by Crippen LogP contribution is 2.45. The van der Waals surface area contributed by atoms with E-state index < -0.39 is 17.4 Å². The van der Waals surface area contributed by atoms with Gasteiger partial charge in [0.15, 0.2) is 34.2 Å². The molecule has 2 aromatic rings. The highest BCUT2D eigenvalue weighted by Gasteiger charge is 2.55. The maximum Gasteiger partial charge on any atom is 0.191 e. The molecule has 0 unspecified atom stereocenters. The molecule has 3 aliphatic rings. The summed E-state index contributed by atoms with van der Waals surface area (Å²) in [5, 5.41) is 16.8. The third-order valence-corrected chi connectivity index (χ3v) is 8.16. The average molecular weight is 567 g/mol. The molecule has 39 heavy (non-hydrogen) atoms. The summed E-state index contributed by atoms with van der Waals surface area (Å²) in [6.07, 6.45) is 1.43. The largest absolute Gasteiger partial charge is 0.394 e. The number of aliphatic hydroxyl groups excluding tert-OH is 1. The Bertz CT molecular complexity index is 1180. The molecule has 6 N–H and O–H groups in total. The molecule has 1 aromatic carbocycles. The van der Waals surface area contributed by atoms with E-state index in [1.165, 1.54) is 17.8 Å². The molecule has 2 heterocycles. The fraction of sp³-hybridized carbons (Fsp3) is 0.615. The summed E-state index contributed by atoms with van der Waals surface area (Å²) in [5.41, 5.74) is 3.96. The molecule has 0 spiro atoms. The van der Waals surface area contributed by atoms with Crippen molar-refractivity contribution < 1.29 is 28.1 Å². The van der Waals surface area contributed by atoms with Crippen molar-refractivity contribution in [3.63, 3.8) is 0 Å². The summed E-state index contributed by atoms with van der Waals surface area (Å²) in [4.78, 5) is 9.48. The monoisotopic (exact) mass is 566 g/mol. The van der Waals surface area contributed by atoms with Gasteiger partial charge >= 0.3 is 0 Å². The predicted octanol–water partition coefficient (Wildman–Crippen LogP) is 3.59. The van der Waals surface area contributed by atoms with Crippen LogP contribution in [0.5, 0.6) is 0 Å². The second kappa shape index (κ2) is 11.7. The number of rotatable bonds is 12. The van der Waals surface area contributed by atoms with Crippen LogP contribution in [0.25, 0.3) is 0 Å². The first kappa shape index (κ1) is 28.2. The summed E-state index contributed by atoms with van der Waals surface area (Å²) in [6, 6.07) is 3.79. The molecule has 3 fully saturated rings. The van der Waals surface area contributed by atoms with Crippen molar-refractivity contribution in [2.75, 3.05) is 35.0 Å². The van der Waals surface area contributed by atoms with Crippen molar-refractivity contribution in [2.45, 2.75) is 87.3 Å². The lowest BCUT2D eigenvalue weighted by atomic mass is 10.1. The smallest absolute Gasteiger partial charge is 0.191 e. The van der Waals surface area contributed by atoms with Crippen molar-refractivity contribution in [1.82, 2.24) is 9.97 Å². The first-order valence-electron chi connectivity index (χ1n) is 13.3. The topological polar surface area (TPSA) is 136 Å². The molecule has 6 atom stereocenters. The molecule has 0 radical (unpaired) electrons. The van der Waals surface area contributed by atoms with Crippen LogP contribution in [0.1, 0.15) is 51.5 Å². The van der Waals surface area contributed by atoms with Gasteiger partial charge in [-0.05, 0) is 50.8 Å². The number of nitrogen functional groups attached to an aromatic ring is 1. The first-order chi connectivity index (χ1) is 18.7. The molecular formula is C26H36F2N6O4S. The van der Waals surface area contributed by atoms with Crippen LogP contribution >= 0.6 is 11.8 Å². The van der Waals surface area contributed by atoms with Crippen molar-refractivity contribution in [1.29, 1.82) is 0 Å². The minimum Gasteiger partial charge on any atom is -0.394 e. The van der Waals surface area contributed by atoms with Crippen LogP contribution in [0.3, 0.4) is 0 Å². The molecular weight excluding hydrogens is 530 g/mol. The number of benzene rings is 1. The lowest BCUT2D eigenvalue weighted by Gasteiger charge is -2.25. The zero-order valence-electron chi connectivity index (χ0n) is 22.2. The van der Waals surface area contributed by atoms with Crippen LogP contribution in [0.2, 0.25) is 0 Å². The number of hydrogen-bond donors (Lipinski definition) is 5. The molecule has 2 saturated carbocycles. The van der Waals surface area contributed by atoms with Crippen LogP contribution in [-0.2, 0) is 14.2 Å². The number of ether oxygens (including phenoxy) is 3. The maximum atomic E-state index is 13.8. The minimum absolute atomic E-state index is 0.0202. The summed E-state index contributed by atoms with van der Waals surface area (Å²) in [5.74, 6) is 5.39. The molecule has 0 bridgehead atoms. The maximum absolute atomic E-state index is 13.8. The van der Waals surface area contributed by atoms with Gasteiger partial charge in [-0.2, -0.15) is 0 Å². The van der Waals surface area contributed by atoms with Crippen LogP contribution in [0.4, 0.5) is 26.1 Å². The minimum atomic E-state index is -0.860.